The van der Waals surface area contributed by atoms with Gasteiger partial charge in [0.05, 0.1) is 26.0 Å². The van der Waals surface area contributed by atoms with Gasteiger partial charge in [0.15, 0.2) is 0 Å². The summed E-state index contributed by atoms with van der Waals surface area (Å²) in [6, 6.07) is 1.24. The van der Waals surface area contributed by atoms with Crippen LogP contribution >= 0.6 is 0 Å². The van der Waals surface area contributed by atoms with Crippen LogP contribution in [0.15, 0.2) is 12.4 Å². The van der Waals surface area contributed by atoms with Gasteiger partial charge >= 0.3 is 0 Å². The zero-order valence-corrected chi connectivity index (χ0v) is 15.3. The van der Waals surface area contributed by atoms with Crippen molar-refractivity contribution in [1.29, 1.82) is 0 Å². The van der Waals surface area contributed by atoms with Crippen molar-refractivity contribution in [2.75, 3.05) is 46.1 Å². The Labute approximate surface area is 145 Å². The number of hydrogen-bond donors (Lipinski definition) is 1. The number of aromatic nitrogens is 2. The van der Waals surface area contributed by atoms with Crippen LogP contribution < -0.4 is 5.32 Å². The Morgan fingerprint density at radius 3 is 2.62 bits per heavy atom. The number of rotatable bonds is 7. The SMILES string of the molecule is CC(C)n1cc([C@H](C)NC[C@H]([C@H]2CCOC2)N2CCOCC2)cn1. The second-order valence-electron chi connectivity index (χ2n) is 7.32. The molecule has 0 aromatic carbocycles. The molecule has 2 aliphatic rings. The second-order valence-corrected chi connectivity index (χ2v) is 7.32. The van der Waals surface area contributed by atoms with E-state index in [-0.39, 0.29) is 0 Å². The Morgan fingerprint density at radius 2 is 2.00 bits per heavy atom. The molecule has 3 heterocycles. The van der Waals surface area contributed by atoms with E-state index in [4.69, 9.17) is 9.47 Å². The van der Waals surface area contributed by atoms with Gasteiger partial charge in [-0.05, 0) is 27.2 Å². The summed E-state index contributed by atoms with van der Waals surface area (Å²) in [6.45, 7) is 13.1. The Balaban J connectivity index is 1.59. The molecule has 0 unspecified atom stereocenters. The molecule has 1 aromatic heterocycles. The van der Waals surface area contributed by atoms with Gasteiger partial charge in [-0.2, -0.15) is 5.10 Å². The summed E-state index contributed by atoms with van der Waals surface area (Å²) in [7, 11) is 0. The fourth-order valence-corrected chi connectivity index (χ4v) is 3.63. The second kappa shape index (κ2) is 8.43. The predicted octanol–water partition coefficient (Wildman–Crippen LogP) is 1.85. The average Bonchev–Trinajstić information content (AvgIpc) is 3.28. The van der Waals surface area contributed by atoms with Crippen molar-refractivity contribution in [1.82, 2.24) is 20.0 Å². The highest BCUT2D eigenvalue weighted by atomic mass is 16.5. The van der Waals surface area contributed by atoms with Crippen molar-refractivity contribution < 1.29 is 9.47 Å². The van der Waals surface area contributed by atoms with Crippen LogP contribution in [0.2, 0.25) is 0 Å². The average molecular weight is 336 g/mol. The highest BCUT2D eigenvalue weighted by Gasteiger charge is 2.31. The first-order valence-electron chi connectivity index (χ1n) is 9.32. The molecule has 0 aliphatic carbocycles. The lowest BCUT2D eigenvalue weighted by Gasteiger charge is -2.38. The summed E-state index contributed by atoms with van der Waals surface area (Å²) >= 11 is 0. The maximum absolute atomic E-state index is 5.65. The van der Waals surface area contributed by atoms with Crippen LogP contribution in [0.5, 0.6) is 0 Å². The van der Waals surface area contributed by atoms with Gasteiger partial charge in [0, 0.05) is 62.0 Å². The molecule has 6 nitrogen and oxygen atoms in total. The largest absolute Gasteiger partial charge is 0.381 e. The van der Waals surface area contributed by atoms with Crippen molar-refractivity contribution in [3.8, 4) is 0 Å². The smallest absolute Gasteiger partial charge is 0.0594 e. The van der Waals surface area contributed by atoms with Crippen molar-refractivity contribution in [3.05, 3.63) is 18.0 Å². The molecule has 0 radical (unpaired) electrons. The molecule has 136 valence electrons. The molecule has 1 N–H and O–H groups in total. The quantitative estimate of drug-likeness (QED) is 0.823. The van der Waals surface area contributed by atoms with Gasteiger partial charge in [-0.25, -0.2) is 0 Å². The van der Waals surface area contributed by atoms with Crippen molar-refractivity contribution in [2.45, 2.75) is 45.3 Å². The molecule has 1 aromatic rings. The molecule has 3 rings (SSSR count). The molecule has 2 aliphatic heterocycles. The molecule has 6 heteroatoms. The fraction of sp³-hybridized carbons (Fsp3) is 0.833. The topological polar surface area (TPSA) is 51.5 Å². The third-order valence-electron chi connectivity index (χ3n) is 5.31. The molecule has 2 saturated heterocycles. The summed E-state index contributed by atoms with van der Waals surface area (Å²) in [5.41, 5.74) is 1.26. The van der Waals surface area contributed by atoms with E-state index in [0.717, 1.165) is 46.1 Å². The zero-order valence-electron chi connectivity index (χ0n) is 15.3. The third kappa shape index (κ3) is 4.36. The number of hydrogen-bond acceptors (Lipinski definition) is 5. The van der Waals surface area contributed by atoms with E-state index in [9.17, 15) is 0 Å². The van der Waals surface area contributed by atoms with E-state index in [2.05, 4.69) is 42.3 Å². The lowest BCUT2D eigenvalue weighted by atomic mass is 9.96. The first kappa shape index (κ1) is 17.9. The molecule has 0 bridgehead atoms. The van der Waals surface area contributed by atoms with E-state index >= 15 is 0 Å². The number of nitrogens with zero attached hydrogens (tertiary/aromatic N) is 3. The lowest BCUT2D eigenvalue weighted by molar-refractivity contribution is 0.000912. The maximum Gasteiger partial charge on any atom is 0.0594 e. The van der Waals surface area contributed by atoms with E-state index in [1.54, 1.807) is 0 Å². The minimum absolute atomic E-state index is 0.309. The third-order valence-corrected chi connectivity index (χ3v) is 5.31. The van der Waals surface area contributed by atoms with Gasteiger partial charge in [-0.1, -0.05) is 0 Å². The monoisotopic (exact) mass is 336 g/mol. The summed E-state index contributed by atoms with van der Waals surface area (Å²) < 4.78 is 13.2. The number of ether oxygens (including phenoxy) is 2. The number of morpholine rings is 1. The highest BCUT2D eigenvalue weighted by molar-refractivity contribution is 5.09. The van der Waals surface area contributed by atoms with E-state index in [1.165, 1.54) is 12.0 Å². The van der Waals surface area contributed by atoms with Crippen LogP contribution in [0.3, 0.4) is 0 Å². The van der Waals surface area contributed by atoms with E-state index < -0.39 is 0 Å². The van der Waals surface area contributed by atoms with Crippen LogP contribution in [0, 0.1) is 5.92 Å². The van der Waals surface area contributed by atoms with Crippen molar-refractivity contribution in [2.24, 2.45) is 5.92 Å². The normalized spacial score (nSPS) is 25.2. The summed E-state index contributed by atoms with van der Waals surface area (Å²) in [6.07, 6.45) is 5.31. The first-order chi connectivity index (χ1) is 11.6. The summed E-state index contributed by atoms with van der Waals surface area (Å²) in [5.74, 6) is 0.626. The Morgan fingerprint density at radius 1 is 1.21 bits per heavy atom. The Bertz CT molecular complexity index is 493. The van der Waals surface area contributed by atoms with Crippen LogP contribution in [0.1, 0.15) is 44.8 Å². The molecular weight excluding hydrogens is 304 g/mol. The minimum atomic E-state index is 0.309. The van der Waals surface area contributed by atoms with Crippen LogP contribution in [0.4, 0.5) is 0 Å². The minimum Gasteiger partial charge on any atom is -0.381 e. The van der Waals surface area contributed by atoms with Crippen molar-refractivity contribution in [3.63, 3.8) is 0 Å². The van der Waals surface area contributed by atoms with Crippen LogP contribution in [-0.2, 0) is 9.47 Å². The first-order valence-corrected chi connectivity index (χ1v) is 9.32. The van der Waals surface area contributed by atoms with Crippen molar-refractivity contribution >= 4 is 0 Å². The number of nitrogens with one attached hydrogen (secondary N) is 1. The molecular formula is C18H32N4O2. The van der Waals surface area contributed by atoms with Crippen LogP contribution in [0.25, 0.3) is 0 Å². The van der Waals surface area contributed by atoms with Gasteiger partial charge < -0.3 is 14.8 Å². The van der Waals surface area contributed by atoms with Gasteiger partial charge in [0.2, 0.25) is 0 Å². The molecule has 0 spiro atoms. The lowest BCUT2D eigenvalue weighted by Crippen LogP contribution is -2.51. The Hall–Kier alpha value is -0.950. The van der Waals surface area contributed by atoms with Gasteiger partial charge in [0.1, 0.15) is 0 Å². The molecule has 0 saturated carbocycles. The van der Waals surface area contributed by atoms with E-state index in [0.29, 0.717) is 24.0 Å². The van der Waals surface area contributed by atoms with Gasteiger partial charge in [0.25, 0.3) is 0 Å². The Kier molecular flexibility index (Phi) is 6.27. The van der Waals surface area contributed by atoms with Gasteiger partial charge in [-0.3, -0.25) is 9.58 Å². The maximum atomic E-state index is 5.65. The molecule has 0 amide bonds. The predicted molar refractivity (Wildman–Crippen MR) is 94.1 cm³/mol. The highest BCUT2D eigenvalue weighted by Crippen LogP contribution is 2.23. The molecule has 24 heavy (non-hydrogen) atoms. The van der Waals surface area contributed by atoms with Crippen LogP contribution in [-0.4, -0.2) is 66.8 Å². The van der Waals surface area contributed by atoms with E-state index in [1.807, 2.05) is 10.9 Å². The zero-order chi connectivity index (χ0) is 16.9. The molecule has 3 atom stereocenters. The van der Waals surface area contributed by atoms with Gasteiger partial charge in [-0.15, -0.1) is 0 Å². The standard InChI is InChI=1S/C18H32N4O2/c1-14(2)22-12-17(10-20-22)15(3)19-11-18(16-4-7-24-13-16)21-5-8-23-9-6-21/h10,12,14-16,18-19H,4-9,11,13H2,1-3H3/t15-,16-,18+/m0/s1. The molecule has 2 fully saturated rings. The fourth-order valence-electron chi connectivity index (χ4n) is 3.63. The summed E-state index contributed by atoms with van der Waals surface area (Å²) in [4.78, 5) is 2.58. The summed E-state index contributed by atoms with van der Waals surface area (Å²) in [5, 5.41) is 8.19.